The predicted octanol–water partition coefficient (Wildman–Crippen LogP) is 2.73. The lowest BCUT2D eigenvalue weighted by molar-refractivity contribution is -0.112. The third kappa shape index (κ3) is 6.28. The highest BCUT2D eigenvalue weighted by Crippen LogP contribution is 2.21. The number of benzene rings is 2. The highest BCUT2D eigenvalue weighted by molar-refractivity contribution is 7.88. The van der Waals surface area contributed by atoms with Crippen LogP contribution in [0.25, 0.3) is 0 Å². The second-order valence-corrected chi connectivity index (χ2v) is 9.69. The number of piperazine rings is 1. The maximum Gasteiger partial charge on any atom is 0.269 e. The van der Waals surface area contributed by atoms with Crippen molar-refractivity contribution < 1.29 is 22.0 Å². The highest BCUT2D eigenvalue weighted by Gasteiger charge is 2.29. The summed E-state index contributed by atoms with van der Waals surface area (Å²) >= 11 is 6.15. The van der Waals surface area contributed by atoms with Crippen molar-refractivity contribution in [1.82, 2.24) is 9.21 Å². The van der Waals surface area contributed by atoms with Crippen molar-refractivity contribution in [1.29, 1.82) is 5.41 Å². The zero-order valence-electron chi connectivity index (χ0n) is 17.4. The van der Waals surface area contributed by atoms with Crippen LogP contribution in [-0.4, -0.2) is 55.9 Å². The maximum atomic E-state index is 13.3. The monoisotopic (exact) mass is 497 g/mol. The van der Waals surface area contributed by atoms with Crippen LogP contribution in [0.5, 0.6) is 0 Å². The zero-order valence-corrected chi connectivity index (χ0v) is 19.0. The molecule has 1 aliphatic rings. The molecule has 2 aromatic rings. The van der Waals surface area contributed by atoms with Crippen molar-refractivity contribution in [3.8, 4) is 0 Å². The van der Waals surface area contributed by atoms with Gasteiger partial charge in [0.25, 0.3) is 5.91 Å². The van der Waals surface area contributed by atoms with E-state index in [0.29, 0.717) is 17.3 Å². The van der Waals surface area contributed by atoms with Gasteiger partial charge in [-0.2, -0.15) is 4.31 Å². The van der Waals surface area contributed by atoms with Crippen LogP contribution in [0.4, 0.5) is 20.2 Å². The molecule has 1 fully saturated rings. The van der Waals surface area contributed by atoms with Crippen molar-refractivity contribution in [3.05, 3.63) is 70.4 Å². The van der Waals surface area contributed by atoms with Crippen molar-refractivity contribution >= 4 is 45.1 Å². The molecule has 1 saturated heterocycles. The Morgan fingerprint density at radius 3 is 2.21 bits per heavy atom. The SMILES string of the molecule is N=CC(=C(Cl)C(=O)Nc1cc(F)cc(F)c1)N1CCN(S(=O)(=O)Cc2ccc(N)cc2)CC1. The van der Waals surface area contributed by atoms with E-state index in [0.717, 1.165) is 18.3 Å². The second kappa shape index (κ2) is 10.3. The fraction of sp³-hybridized carbons (Fsp3) is 0.238. The first kappa shape index (κ1) is 24.6. The summed E-state index contributed by atoms with van der Waals surface area (Å²) in [7, 11) is -3.58. The molecule has 1 heterocycles. The molecule has 1 amide bonds. The van der Waals surface area contributed by atoms with Gasteiger partial charge in [-0.15, -0.1) is 0 Å². The quantitative estimate of drug-likeness (QED) is 0.309. The summed E-state index contributed by atoms with van der Waals surface area (Å²) in [6, 6.07) is 9.10. The fourth-order valence-corrected chi connectivity index (χ4v) is 5.08. The molecule has 0 aliphatic carbocycles. The van der Waals surface area contributed by atoms with E-state index < -0.39 is 27.6 Å². The smallest absolute Gasteiger partial charge is 0.269 e. The van der Waals surface area contributed by atoms with Gasteiger partial charge >= 0.3 is 0 Å². The number of nitrogens with two attached hydrogens (primary N) is 1. The van der Waals surface area contributed by atoms with Gasteiger partial charge in [-0.05, 0) is 29.8 Å². The molecule has 0 aromatic heterocycles. The summed E-state index contributed by atoms with van der Waals surface area (Å²) in [5, 5.41) is 9.59. The Hall–Kier alpha value is -3.02. The number of carbonyl (C=O) groups excluding carboxylic acids is 1. The average molecular weight is 498 g/mol. The van der Waals surface area contributed by atoms with E-state index in [1.54, 1.807) is 29.2 Å². The van der Waals surface area contributed by atoms with Crippen LogP contribution in [0.3, 0.4) is 0 Å². The molecule has 0 spiro atoms. The maximum absolute atomic E-state index is 13.3. The minimum Gasteiger partial charge on any atom is -0.399 e. The number of nitrogens with zero attached hydrogens (tertiary/aromatic N) is 2. The van der Waals surface area contributed by atoms with E-state index in [1.807, 2.05) is 0 Å². The zero-order chi connectivity index (χ0) is 24.2. The molecule has 4 N–H and O–H groups in total. The van der Waals surface area contributed by atoms with E-state index in [2.05, 4.69) is 5.32 Å². The Morgan fingerprint density at radius 2 is 1.67 bits per heavy atom. The molecule has 12 heteroatoms. The van der Waals surface area contributed by atoms with Crippen LogP contribution in [0.15, 0.2) is 53.2 Å². The van der Waals surface area contributed by atoms with E-state index >= 15 is 0 Å². The molecule has 0 atom stereocenters. The predicted molar refractivity (Wildman–Crippen MR) is 123 cm³/mol. The van der Waals surface area contributed by atoms with Crippen LogP contribution in [0.2, 0.25) is 0 Å². The van der Waals surface area contributed by atoms with Gasteiger partial charge in [0.05, 0.1) is 11.4 Å². The standard InChI is InChI=1S/C21H22ClF2N5O3S/c22-20(21(30)27-18-10-15(23)9-16(24)11-18)19(12-25)28-5-7-29(8-6-28)33(31,32)13-14-1-3-17(26)4-2-14/h1-4,9-12,25H,5-8,13,26H2,(H,27,30). The lowest BCUT2D eigenvalue weighted by Gasteiger charge is -2.36. The van der Waals surface area contributed by atoms with Crippen LogP contribution in [0, 0.1) is 17.0 Å². The number of nitrogens with one attached hydrogen (secondary N) is 2. The summed E-state index contributed by atoms with van der Waals surface area (Å²) in [6.45, 7) is 0.665. The van der Waals surface area contributed by atoms with Gasteiger partial charge in [0.1, 0.15) is 16.7 Å². The molecule has 0 radical (unpaired) electrons. The number of nitrogen functional groups attached to an aromatic ring is 1. The number of halogens is 3. The fourth-order valence-electron chi connectivity index (χ4n) is 3.34. The third-order valence-electron chi connectivity index (χ3n) is 4.98. The molecule has 33 heavy (non-hydrogen) atoms. The van der Waals surface area contributed by atoms with Crippen molar-refractivity contribution in [2.45, 2.75) is 5.75 Å². The van der Waals surface area contributed by atoms with E-state index in [1.165, 1.54) is 4.31 Å². The van der Waals surface area contributed by atoms with Crippen LogP contribution < -0.4 is 11.1 Å². The number of hydrogen-bond acceptors (Lipinski definition) is 6. The van der Waals surface area contributed by atoms with Gasteiger partial charge in [-0.1, -0.05) is 23.7 Å². The van der Waals surface area contributed by atoms with Gasteiger partial charge in [0.15, 0.2) is 0 Å². The molecule has 0 saturated carbocycles. The minimum absolute atomic E-state index is 0.0709. The number of hydrogen-bond donors (Lipinski definition) is 3. The van der Waals surface area contributed by atoms with Crippen LogP contribution in [-0.2, 0) is 20.6 Å². The first-order valence-corrected chi connectivity index (χ1v) is 11.8. The Bertz CT molecular complexity index is 1160. The number of amides is 1. The van der Waals surface area contributed by atoms with Gasteiger partial charge in [-0.3, -0.25) is 4.79 Å². The van der Waals surface area contributed by atoms with Crippen LogP contribution >= 0.6 is 11.6 Å². The van der Waals surface area contributed by atoms with E-state index in [-0.39, 0.29) is 48.3 Å². The largest absolute Gasteiger partial charge is 0.399 e. The van der Waals surface area contributed by atoms with Crippen LogP contribution in [0.1, 0.15) is 5.56 Å². The Labute approximate surface area is 195 Å². The molecule has 8 nitrogen and oxygen atoms in total. The molecule has 176 valence electrons. The van der Waals surface area contributed by atoms with Gasteiger partial charge in [0.2, 0.25) is 10.0 Å². The number of allylic oxidation sites excluding steroid dienone is 1. The minimum atomic E-state index is -3.58. The van der Waals surface area contributed by atoms with Gasteiger partial charge in [0, 0.05) is 49.8 Å². The summed E-state index contributed by atoms with van der Waals surface area (Å²) in [5.74, 6) is -2.75. The Balaban J connectivity index is 1.66. The molecule has 0 unspecified atom stereocenters. The van der Waals surface area contributed by atoms with Crippen molar-refractivity contribution in [2.75, 3.05) is 37.2 Å². The summed E-state index contributed by atoms with van der Waals surface area (Å²) in [5.41, 5.74) is 6.73. The normalized spacial score (nSPS) is 15.7. The third-order valence-corrected chi connectivity index (χ3v) is 7.20. The summed E-state index contributed by atoms with van der Waals surface area (Å²) < 4.78 is 53.5. The highest BCUT2D eigenvalue weighted by atomic mass is 35.5. The summed E-state index contributed by atoms with van der Waals surface area (Å²) in [4.78, 5) is 14.0. The number of rotatable bonds is 7. The molecule has 0 bridgehead atoms. The Morgan fingerprint density at radius 1 is 1.09 bits per heavy atom. The van der Waals surface area contributed by atoms with E-state index in [9.17, 15) is 22.0 Å². The van der Waals surface area contributed by atoms with Crippen molar-refractivity contribution in [2.24, 2.45) is 0 Å². The molecule has 3 rings (SSSR count). The van der Waals surface area contributed by atoms with Crippen molar-refractivity contribution in [3.63, 3.8) is 0 Å². The first-order chi connectivity index (χ1) is 15.6. The molecular weight excluding hydrogens is 476 g/mol. The van der Waals surface area contributed by atoms with E-state index in [4.69, 9.17) is 22.7 Å². The van der Waals surface area contributed by atoms with Gasteiger partial charge in [-0.25, -0.2) is 17.2 Å². The number of carbonyl (C=O) groups is 1. The molecule has 1 aliphatic heterocycles. The topological polar surface area (TPSA) is 120 Å². The number of sulfonamides is 1. The number of anilines is 2. The Kier molecular flexibility index (Phi) is 7.67. The second-order valence-electron chi connectivity index (χ2n) is 7.34. The first-order valence-electron chi connectivity index (χ1n) is 9.84. The average Bonchev–Trinajstić information content (AvgIpc) is 2.75. The molecule has 2 aromatic carbocycles. The lowest BCUT2D eigenvalue weighted by atomic mass is 10.2. The lowest BCUT2D eigenvalue weighted by Crippen LogP contribution is -2.49. The summed E-state index contributed by atoms with van der Waals surface area (Å²) in [6.07, 6.45) is 0.882. The van der Waals surface area contributed by atoms with Gasteiger partial charge < -0.3 is 21.4 Å². The molecular formula is C21H22ClF2N5O3S.